The number of rotatable bonds is 28. The molecule has 3 rings (SSSR count). The number of benzene rings is 3. The lowest BCUT2D eigenvalue weighted by Crippen LogP contribution is -2.36. The van der Waals surface area contributed by atoms with E-state index in [0.717, 1.165) is 0 Å². The summed E-state index contributed by atoms with van der Waals surface area (Å²) >= 11 is 0. The van der Waals surface area contributed by atoms with Gasteiger partial charge in [-0.1, -0.05) is 30.3 Å². The second-order valence-corrected chi connectivity index (χ2v) is 15.5. The van der Waals surface area contributed by atoms with E-state index in [2.05, 4.69) is 4.99 Å². The van der Waals surface area contributed by atoms with E-state index in [0.29, 0.717) is 29.5 Å². The number of ketones is 6. The lowest BCUT2D eigenvalue weighted by molar-refractivity contribution is -0.142. The van der Waals surface area contributed by atoms with E-state index in [1.54, 1.807) is 0 Å². The van der Waals surface area contributed by atoms with Gasteiger partial charge in [0.05, 0.1) is 12.5 Å². The first kappa shape index (κ1) is 49.2. The van der Waals surface area contributed by atoms with Crippen LogP contribution in [0.25, 0.3) is 0 Å². The zero-order valence-corrected chi connectivity index (χ0v) is 34.1. The number of aliphatic imine (C=N–C) groups is 1. The Balaban J connectivity index is 1.74. The van der Waals surface area contributed by atoms with Gasteiger partial charge in [0, 0.05) is 68.7 Å². The molecular weight excluding hydrogens is 795 g/mol. The topological polar surface area (TPSA) is 271 Å². The monoisotopic (exact) mass is 848 g/mol. The predicted molar refractivity (Wildman–Crippen MR) is 221 cm³/mol. The van der Waals surface area contributed by atoms with Crippen LogP contribution in [0, 0.1) is 35.3 Å². The highest BCUT2D eigenvalue weighted by Crippen LogP contribution is 2.27. The number of carbonyl (C=O) groups is 7. The molecule has 5 atom stereocenters. The van der Waals surface area contributed by atoms with E-state index in [-0.39, 0.29) is 68.3 Å². The second kappa shape index (κ2) is 24.2. The molecule has 0 amide bonds. The average Bonchev–Trinajstić information content (AvgIpc) is 3.19. The number of aliphatic carboxylic acids is 1. The molecule has 0 saturated heterocycles. The number of Topliss-reactive ketones (excluding diaryl/α,β-unsaturated/α-hetero) is 6. The van der Waals surface area contributed by atoms with Crippen LogP contribution in [-0.2, 0) is 52.8 Å². The molecular formula is C45H54F2N4O10. The van der Waals surface area contributed by atoms with Gasteiger partial charge in [-0.2, -0.15) is 0 Å². The lowest BCUT2D eigenvalue weighted by Gasteiger charge is -2.21. The number of guanidine groups is 1. The molecule has 0 aliphatic rings. The molecule has 0 aliphatic carbocycles. The Labute approximate surface area is 352 Å². The number of hydrogen-bond donors (Lipinski definition) is 6. The quantitative estimate of drug-likeness (QED) is 0.0255. The number of carboxylic acid groups (broad SMARTS) is 1. The molecule has 0 heterocycles. The van der Waals surface area contributed by atoms with E-state index in [1.165, 1.54) is 73.7 Å². The van der Waals surface area contributed by atoms with Crippen molar-refractivity contribution in [1.82, 2.24) is 0 Å². The van der Waals surface area contributed by atoms with Crippen molar-refractivity contribution in [2.75, 3.05) is 6.54 Å². The number of aromatic hydroxyl groups is 2. The van der Waals surface area contributed by atoms with Crippen LogP contribution in [0.15, 0.2) is 71.7 Å². The Morgan fingerprint density at radius 2 is 1.11 bits per heavy atom. The van der Waals surface area contributed by atoms with Crippen LogP contribution in [0.5, 0.6) is 11.5 Å². The highest BCUT2D eigenvalue weighted by Gasteiger charge is 2.32. The van der Waals surface area contributed by atoms with Crippen molar-refractivity contribution in [3.63, 3.8) is 0 Å². The molecule has 0 spiro atoms. The van der Waals surface area contributed by atoms with Gasteiger partial charge in [0.2, 0.25) is 0 Å². The summed E-state index contributed by atoms with van der Waals surface area (Å²) < 4.78 is 27.4. The second-order valence-electron chi connectivity index (χ2n) is 15.5. The Bertz CT molecular complexity index is 2050. The van der Waals surface area contributed by atoms with Gasteiger partial charge in [-0.25, -0.2) is 8.78 Å². The fourth-order valence-electron chi connectivity index (χ4n) is 7.04. The van der Waals surface area contributed by atoms with Crippen molar-refractivity contribution in [3.8, 4) is 11.5 Å². The number of hydrogen-bond acceptors (Lipinski definition) is 11. The van der Waals surface area contributed by atoms with E-state index in [4.69, 9.17) is 17.2 Å². The molecule has 16 heteroatoms. The maximum Gasteiger partial charge on any atom is 0.304 e. The minimum Gasteiger partial charge on any atom is -0.504 e. The molecule has 0 fully saturated rings. The molecule has 0 saturated carbocycles. The van der Waals surface area contributed by atoms with Crippen LogP contribution in [0.1, 0.15) is 81.4 Å². The van der Waals surface area contributed by atoms with Crippen molar-refractivity contribution in [1.29, 1.82) is 0 Å². The van der Waals surface area contributed by atoms with E-state index < -0.39 is 102 Å². The third-order valence-electron chi connectivity index (χ3n) is 10.5. The average molecular weight is 849 g/mol. The molecule has 0 aliphatic heterocycles. The highest BCUT2D eigenvalue weighted by atomic mass is 19.1. The molecule has 0 aromatic heterocycles. The smallest absolute Gasteiger partial charge is 0.304 e. The van der Waals surface area contributed by atoms with E-state index >= 15 is 0 Å². The summed E-state index contributed by atoms with van der Waals surface area (Å²) in [5.41, 5.74) is 18.4. The van der Waals surface area contributed by atoms with Gasteiger partial charge in [0.15, 0.2) is 23.2 Å². The van der Waals surface area contributed by atoms with Crippen LogP contribution < -0.4 is 17.2 Å². The van der Waals surface area contributed by atoms with Gasteiger partial charge >= 0.3 is 5.97 Å². The number of phenols is 2. The zero-order valence-electron chi connectivity index (χ0n) is 34.1. The summed E-state index contributed by atoms with van der Waals surface area (Å²) in [6.07, 6.45) is -2.41. The van der Waals surface area contributed by atoms with Gasteiger partial charge in [0.1, 0.15) is 40.6 Å². The molecule has 61 heavy (non-hydrogen) atoms. The highest BCUT2D eigenvalue weighted by molar-refractivity contribution is 5.96. The fourth-order valence-corrected chi connectivity index (χ4v) is 7.04. The standard InChI is InChI=1S/C45H54F2N4O10/c1-26(52)30(3-2-16-51-45(49)50)22-40(56)31(17-27-4-9-34(46)10-5-27)21-36(53)13-15-38(54)33(25-44(60)61)23-41(57)32(18-28-6-11-35(47)12-7-28)24-42(58)37(48)19-29-8-14-39(55)43(59)20-29/h4-12,14,20,30-33,37,55,59H,2-3,13,15-19,21-25,48H2,1H3,(H,60,61)(H4,49,50,51). The number of carboxylic acids is 1. The first-order chi connectivity index (χ1) is 28.8. The lowest BCUT2D eigenvalue weighted by atomic mass is 9.81. The van der Waals surface area contributed by atoms with Gasteiger partial charge in [-0.15, -0.1) is 0 Å². The molecule has 9 N–H and O–H groups in total. The van der Waals surface area contributed by atoms with Crippen molar-refractivity contribution in [2.24, 2.45) is 45.9 Å². The van der Waals surface area contributed by atoms with E-state index in [1.807, 2.05) is 0 Å². The third-order valence-corrected chi connectivity index (χ3v) is 10.5. The number of nitrogens with two attached hydrogens (primary N) is 3. The Hall–Kier alpha value is -6.16. The summed E-state index contributed by atoms with van der Waals surface area (Å²) in [6.45, 7) is 1.60. The maximum absolute atomic E-state index is 13.9. The van der Waals surface area contributed by atoms with Crippen molar-refractivity contribution in [3.05, 3.63) is 95.1 Å². The summed E-state index contributed by atoms with van der Waals surface area (Å²) in [4.78, 5) is 96.1. The molecule has 14 nitrogen and oxygen atoms in total. The van der Waals surface area contributed by atoms with Gasteiger partial charge in [0.25, 0.3) is 0 Å². The number of carbonyl (C=O) groups excluding carboxylic acids is 6. The SMILES string of the molecule is CC(=O)C(CCCN=C(N)N)CC(=O)C(CC(=O)CCC(=O)C(CC(=O)O)CC(=O)C(CC(=O)C(N)Cc1ccc(O)c(O)c1)Cc1ccc(F)cc1)Cc1ccc(F)cc1. The minimum absolute atomic E-state index is 0.0444. The number of halogens is 2. The normalized spacial score (nSPS) is 13.6. The van der Waals surface area contributed by atoms with Crippen LogP contribution in [0.4, 0.5) is 8.78 Å². The first-order valence-corrected chi connectivity index (χ1v) is 20.0. The summed E-state index contributed by atoms with van der Waals surface area (Å²) in [5.74, 6) is -10.4. The summed E-state index contributed by atoms with van der Waals surface area (Å²) in [6, 6.07) is 13.4. The van der Waals surface area contributed by atoms with Gasteiger partial charge < -0.3 is 32.5 Å². The number of phenolic OH excluding ortho intramolecular Hbond substituents is 2. The molecule has 0 radical (unpaired) electrons. The molecule has 328 valence electrons. The number of nitrogens with zero attached hydrogens (tertiary/aromatic N) is 1. The van der Waals surface area contributed by atoms with Crippen LogP contribution in [-0.4, -0.2) is 74.5 Å². The minimum atomic E-state index is -1.38. The maximum atomic E-state index is 13.9. The molecule has 5 unspecified atom stereocenters. The molecule has 0 bridgehead atoms. The van der Waals surface area contributed by atoms with E-state index in [9.17, 15) is 57.7 Å². The first-order valence-electron chi connectivity index (χ1n) is 20.0. The van der Waals surface area contributed by atoms with Crippen molar-refractivity contribution < 1.29 is 57.7 Å². The van der Waals surface area contributed by atoms with Crippen molar-refractivity contribution >= 4 is 46.6 Å². The Kier molecular flexibility index (Phi) is 19.5. The fraction of sp³-hybridized carbons (Fsp3) is 0.422. The van der Waals surface area contributed by atoms with Gasteiger partial charge in [-0.05, 0) is 92.1 Å². The Morgan fingerprint density at radius 1 is 0.607 bits per heavy atom. The third kappa shape index (κ3) is 17.5. The van der Waals surface area contributed by atoms with Crippen LogP contribution in [0.3, 0.4) is 0 Å². The van der Waals surface area contributed by atoms with Gasteiger partial charge in [-0.3, -0.25) is 38.6 Å². The zero-order chi connectivity index (χ0) is 45.2. The Morgan fingerprint density at radius 3 is 1.62 bits per heavy atom. The van der Waals surface area contributed by atoms with Crippen molar-refractivity contribution in [2.45, 2.75) is 90.0 Å². The largest absolute Gasteiger partial charge is 0.504 e. The van der Waals surface area contributed by atoms with Crippen LogP contribution in [0.2, 0.25) is 0 Å². The molecule has 3 aromatic carbocycles. The summed E-state index contributed by atoms with van der Waals surface area (Å²) in [5, 5.41) is 29.1. The van der Waals surface area contributed by atoms with Crippen LogP contribution >= 0.6 is 0 Å². The summed E-state index contributed by atoms with van der Waals surface area (Å²) in [7, 11) is 0. The molecule has 3 aromatic rings. The predicted octanol–water partition coefficient (Wildman–Crippen LogP) is 4.50.